The van der Waals surface area contributed by atoms with Gasteiger partial charge < -0.3 is 14.7 Å². The number of carbonyl (C=O) groups is 2. The van der Waals surface area contributed by atoms with Crippen LogP contribution in [0.5, 0.6) is 0 Å². The summed E-state index contributed by atoms with van der Waals surface area (Å²) >= 11 is 0. The first kappa shape index (κ1) is 24.7. The number of fused-ring (bicyclic) bond motifs is 4. The van der Waals surface area contributed by atoms with Crippen LogP contribution < -0.4 is 0 Å². The van der Waals surface area contributed by atoms with Gasteiger partial charge in [-0.1, -0.05) is 38.2 Å². The molecule has 0 aromatic rings. The maximum Gasteiger partial charge on any atom is 0.311 e. The third-order valence-electron chi connectivity index (χ3n) is 11.5. The van der Waals surface area contributed by atoms with Crippen molar-refractivity contribution in [1.29, 1.82) is 0 Å². The molecule has 0 spiro atoms. The Kier molecular flexibility index (Phi) is 5.95. The van der Waals surface area contributed by atoms with Gasteiger partial charge in [0, 0.05) is 24.9 Å². The van der Waals surface area contributed by atoms with Crippen LogP contribution in [0.3, 0.4) is 0 Å². The van der Waals surface area contributed by atoms with E-state index in [1.807, 2.05) is 0 Å². The number of hydrogen-bond acceptors (Lipinski definition) is 6. The van der Waals surface area contributed by atoms with Crippen LogP contribution in [-0.2, 0) is 19.1 Å². The molecular weight excluding hydrogens is 454 g/mol. The van der Waals surface area contributed by atoms with E-state index in [0.29, 0.717) is 11.8 Å². The summed E-state index contributed by atoms with van der Waals surface area (Å²) in [7, 11) is 0. The number of allylic oxidation sites excluding steroid dienone is 2. The van der Waals surface area contributed by atoms with E-state index in [-0.39, 0.29) is 71.7 Å². The van der Waals surface area contributed by atoms with Gasteiger partial charge in [-0.3, -0.25) is 9.59 Å². The molecule has 6 nitrogen and oxygen atoms in total. The molecule has 10 atom stereocenters. The minimum Gasteiger partial charge on any atom is -0.462 e. The van der Waals surface area contributed by atoms with E-state index >= 15 is 0 Å². The van der Waals surface area contributed by atoms with Gasteiger partial charge in [-0.2, -0.15) is 5.06 Å². The van der Waals surface area contributed by atoms with Crippen molar-refractivity contribution in [3.05, 3.63) is 24.3 Å². The number of carbonyl (C=O) groups excluding carboxylic acids is 2. The van der Waals surface area contributed by atoms with E-state index in [1.54, 1.807) is 0 Å². The highest BCUT2D eigenvalue weighted by molar-refractivity contribution is 5.76. The zero-order valence-electron chi connectivity index (χ0n) is 22.0. The molecular formula is C30H43NO5. The van der Waals surface area contributed by atoms with Gasteiger partial charge in [-0.25, -0.2) is 0 Å². The van der Waals surface area contributed by atoms with Crippen molar-refractivity contribution in [2.45, 2.75) is 90.3 Å². The second-order valence-electron chi connectivity index (χ2n) is 13.7. The Labute approximate surface area is 215 Å². The first-order chi connectivity index (χ1) is 17.1. The molecule has 36 heavy (non-hydrogen) atoms. The van der Waals surface area contributed by atoms with E-state index in [2.05, 4.69) is 27.0 Å². The number of nitrogens with zero attached hydrogens (tertiary/aromatic N) is 1. The molecule has 0 unspecified atom stereocenters. The topological polar surface area (TPSA) is 76.1 Å². The Morgan fingerprint density at radius 2 is 1.25 bits per heavy atom. The summed E-state index contributed by atoms with van der Waals surface area (Å²) in [5.41, 5.74) is 2.95. The number of rotatable bonds is 4. The molecule has 6 heteroatoms. The summed E-state index contributed by atoms with van der Waals surface area (Å²) in [6.45, 7) is 13.8. The third-order valence-corrected chi connectivity index (χ3v) is 11.5. The summed E-state index contributed by atoms with van der Waals surface area (Å²) in [6.07, 6.45) is 10.2. The quantitative estimate of drug-likeness (QED) is 0.322. The Balaban J connectivity index is 1.13. The SMILES string of the molecule is C=C1CCC[C@@]2(C)C[C@H]3OC(=O)[C@@H](CN(O)C[C@H]4C(=O)O[C@H]5C[C@@]6(C)CCCC(=C)[C@@H]6C[C@@H]54)[C@H]3C[C@@H]12. The highest BCUT2D eigenvalue weighted by Gasteiger charge is 2.57. The van der Waals surface area contributed by atoms with Crippen molar-refractivity contribution in [2.24, 2.45) is 46.3 Å². The van der Waals surface area contributed by atoms with E-state index in [9.17, 15) is 14.8 Å². The summed E-state index contributed by atoms with van der Waals surface area (Å²) in [5.74, 6) is -0.0784. The van der Waals surface area contributed by atoms with Gasteiger partial charge in [0.2, 0.25) is 0 Å². The van der Waals surface area contributed by atoms with Gasteiger partial charge in [0.25, 0.3) is 0 Å². The van der Waals surface area contributed by atoms with Crippen molar-refractivity contribution in [3.8, 4) is 0 Å². The zero-order chi connectivity index (χ0) is 25.4. The normalized spacial score (nSPS) is 48.1. The van der Waals surface area contributed by atoms with Crippen molar-refractivity contribution in [2.75, 3.05) is 13.1 Å². The lowest BCUT2D eigenvalue weighted by atomic mass is 9.55. The molecule has 2 saturated heterocycles. The Hall–Kier alpha value is -1.66. The molecule has 0 amide bonds. The van der Waals surface area contributed by atoms with E-state index in [0.717, 1.165) is 64.2 Å². The van der Waals surface area contributed by atoms with Crippen LogP contribution in [0.4, 0.5) is 0 Å². The van der Waals surface area contributed by atoms with Crippen LogP contribution in [-0.4, -0.2) is 47.5 Å². The van der Waals surface area contributed by atoms with Gasteiger partial charge in [0.05, 0.1) is 11.8 Å². The van der Waals surface area contributed by atoms with Crippen molar-refractivity contribution >= 4 is 11.9 Å². The molecule has 2 heterocycles. The van der Waals surface area contributed by atoms with Crippen LogP contribution in [0.2, 0.25) is 0 Å². The van der Waals surface area contributed by atoms with Gasteiger partial charge in [-0.15, -0.1) is 0 Å². The summed E-state index contributed by atoms with van der Waals surface area (Å²) in [4.78, 5) is 25.9. The van der Waals surface area contributed by atoms with Gasteiger partial charge >= 0.3 is 11.9 Å². The molecule has 4 aliphatic carbocycles. The van der Waals surface area contributed by atoms with Gasteiger partial charge in [-0.05, 0) is 86.9 Å². The summed E-state index contributed by atoms with van der Waals surface area (Å²) in [5, 5.41) is 12.3. The number of hydrogen-bond donors (Lipinski definition) is 1. The molecule has 6 rings (SSSR count). The largest absolute Gasteiger partial charge is 0.462 e. The minimum absolute atomic E-state index is 0.0720. The van der Waals surface area contributed by atoms with E-state index in [4.69, 9.17) is 9.47 Å². The maximum absolute atomic E-state index is 12.9. The van der Waals surface area contributed by atoms with Crippen LogP contribution in [0.25, 0.3) is 0 Å². The lowest BCUT2D eigenvalue weighted by molar-refractivity contribution is -0.155. The van der Waals surface area contributed by atoms with Gasteiger partial charge in [0.1, 0.15) is 12.2 Å². The zero-order valence-corrected chi connectivity index (χ0v) is 22.0. The maximum atomic E-state index is 12.9. The van der Waals surface area contributed by atoms with E-state index in [1.165, 1.54) is 16.2 Å². The highest BCUT2D eigenvalue weighted by atomic mass is 16.6. The number of hydroxylamine groups is 2. The second-order valence-corrected chi connectivity index (χ2v) is 13.7. The van der Waals surface area contributed by atoms with E-state index < -0.39 is 0 Å². The Morgan fingerprint density at radius 1 is 0.833 bits per heavy atom. The third kappa shape index (κ3) is 3.89. The molecule has 0 aromatic heterocycles. The fraction of sp³-hybridized carbons (Fsp3) is 0.800. The Bertz CT molecular complexity index is 900. The van der Waals surface area contributed by atoms with Crippen molar-refractivity contribution in [1.82, 2.24) is 5.06 Å². The molecule has 6 fully saturated rings. The molecule has 0 aromatic carbocycles. The fourth-order valence-electron chi connectivity index (χ4n) is 9.46. The molecule has 0 radical (unpaired) electrons. The average Bonchev–Trinajstić information content (AvgIpc) is 3.25. The number of esters is 2. The molecule has 4 saturated carbocycles. The lowest BCUT2D eigenvalue weighted by Crippen LogP contribution is -2.47. The standard InChI is InChI=1S/C30H43NO5/c1-17-7-5-9-29(3)13-25-19(11-23(17)29)21(27(32)35-25)15-31(34)16-22-20-12-24-18(2)8-6-10-30(24,4)14-26(20)36-28(22)33/h19-26,34H,1-2,5-16H2,3-4H3/t19-,20-,21-,22+,23+,24+,25+,26-,29-,30+/m1/s1. The first-order valence-corrected chi connectivity index (χ1v) is 14.3. The second kappa shape index (κ2) is 8.69. The number of ether oxygens (including phenoxy) is 2. The highest BCUT2D eigenvalue weighted by Crippen LogP contribution is 2.58. The first-order valence-electron chi connectivity index (χ1n) is 14.3. The van der Waals surface area contributed by atoms with Gasteiger partial charge in [0.15, 0.2) is 0 Å². The molecule has 2 aliphatic heterocycles. The fourth-order valence-corrected chi connectivity index (χ4v) is 9.46. The smallest absolute Gasteiger partial charge is 0.311 e. The monoisotopic (exact) mass is 497 g/mol. The predicted molar refractivity (Wildman–Crippen MR) is 135 cm³/mol. The summed E-state index contributed by atoms with van der Waals surface area (Å²) < 4.78 is 11.8. The minimum atomic E-state index is -0.361. The lowest BCUT2D eigenvalue weighted by Gasteiger charge is -2.50. The van der Waals surface area contributed by atoms with Crippen LogP contribution in [0.15, 0.2) is 24.3 Å². The molecule has 6 aliphatic rings. The van der Waals surface area contributed by atoms with Crippen molar-refractivity contribution < 1.29 is 24.3 Å². The molecule has 198 valence electrons. The van der Waals surface area contributed by atoms with Crippen LogP contribution >= 0.6 is 0 Å². The average molecular weight is 498 g/mol. The predicted octanol–water partition coefficient (Wildman–Crippen LogP) is 5.31. The summed E-state index contributed by atoms with van der Waals surface area (Å²) in [6, 6.07) is 0. The van der Waals surface area contributed by atoms with Crippen LogP contribution in [0.1, 0.15) is 78.1 Å². The molecule has 0 bridgehead atoms. The van der Waals surface area contributed by atoms with Crippen LogP contribution in [0, 0.1) is 46.3 Å². The van der Waals surface area contributed by atoms with Crippen molar-refractivity contribution in [3.63, 3.8) is 0 Å². The Morgan fingerprint density at radius 3 is 1.67 bits per heavy atom. The molecule has 1 N–H and O–H groups in total.